The third kappa shape index (κ3) is 2.73. The average molecular weight is 223 g/mol. The maximum atomic E-state index is 12.2. The molecule has 1 fully saturated rings. The number of carbonyl (C=O) groups is 1. The molecule has 0 spiro atoms. The van der Waals surface area contributed by atoms with Crippen LogP contribution in [0.1, 0.15) is 40.0 Å². The highest BCUT2D eigenvalue weighted by Gasteiger charge is 2.35. The van der Waals surface area contributed by atoms with Gasteiger partial charge in [-0.2, -0.15) is 5.26 Å². The molecule has 1 rings (SSSR count). The maximum Gasteiger partial charge on any atom is 0.241 e. The van der Waals surface area contributed by atoms with Crippen LogP contribution < -0.4 is 5.73 Å². The number of nitrogens with two attached hydrogens (primary N) is 1. The molecule has 0 aromatic heterocycles. The van der Waals surface area contributed by atoms with Gasteiger partial charge >= 0.3 is 0 Å². The van der Waals surface area contributed by atoms with Crippen LogP contribution >= 0.6 is 0 Å². The fraction of sp³-hybridized carbons (Fsp3) is 0.833. The van der Waals surface area contributed by atoms with Crippen molar-refractivity contribution in [2.45, 2.75) is 52.1 Å². The lowest BCUT2D eigenvalue weighted by molar-refractivity contribution is -0.138. The number of nitriles is 1. The van der Waals surface area contributed by atoms with E-state index < -0.39 is 6.04 Å². The Morgan fingerprint density at radius 1 is 1.56 bits per heavy atom. The molecule has 2 N–H and O–H groups in total. The Morgan fingerprint density at radius 2 is 2.12 bits per heavy atom. The second kappa shape index (κ2) is 4.84. The van der Waals surface area contributed by atoms with Gasteiger partial charge in [-0.1, -0.05) is 20.8 Å². The number of hydrogen-bond donors (Lipinski definition) is 1. The molecule has 4 nitrogen and oxygen atoms in total. The molecule has 1 atom stereocenters. The summed E-state index contributed by atoms with van der Waals surface area (Å²) in [4.78, 5) is 13.8. The Balaban J connectivity index is 2.71. The minimum atomic E-state index is -0.526. The second-order valence-electron chi connectivity index (χ2n) is 5.55. The van der Waals surface area contributed by atoms with Gasteiger partial charge in [0.1, 0.15) is 6.54 Å². The Hall–Kier alpha value is -1.08. The van der Waals surface area contributed by atoms with E-state index >= 15 is 0 Å². The van der Waals surface area contributed by atoms with Crippen LogP contribution in [0.15, 0.2) is 0 Å². The quantitative estimate of drug-likeness (QED) is 0.732. The fourth-order valence-electron chi connectivity index (χ4n) is 1.71. The first kappa shape index (κ1) is 13.0. The topological polar surface area (TPSA) is 70.1 Å². The average Bonchev–Trinajstić information content (AvgIpc) is 2.10. The summed E-state index contributed by atoms with van der Waals surface area (Å²) in [6, 6.07) is 1.76. The summed E-state index contributed by atoms with van der Waals surface area (Å²) in [7, 11) is 0. The molecule has 0 aliphatic heterocycles. The van der Waals surface area contributed by atoms with Crippen molar-refractivity contribution in [1.82, 2.24) is 4.90 Å². The van der Waals surface area contributed by atoms with Crippen molar-refractivity contribution in [3.8, 4) is 6.07 Å². The first-order chi connectivity index (χ1) is 7.38. The lowest BCUT2D eigenvalue weighted by Gasteiger charge is -2.39. The zero-order valence-corrected chi connectivity index (χ0v) is 10.4. The van der Waals surface area contributed by atoms with Crippen molar-refractivity contribution in [1.29, 1.82) is 5.26 Å². The van der Waals surface area contributed by atoms with Crippen molar-refractivity contribution >= 4 is 5.91 Å². The third-order valence-electron chi connectivity index (χ3n) is 3.24. The van der Waals surface area contributed by atoms with Crippen LogP contribution in [-0.4, -0.2) is 29.4 Å². The van der Waals surface area contributed by atoms with Crippen LogP contribution in [0.3, 0.4) is 0 Å². The summed E-state index contributed by atoms with van der Waals surface area (Å²) in [5, 5.41) is 8.75. The first-order valence-corrected chi connectivity index (χ1v) is 5.81. The van der Waals surface area contributed by atoms with Crippen molar-refractivity contribution in [3.05, 3.63) is 0 Å². The van der Waals surface area contributed by atoms with Crippen LogP contribution in [0.4, 0.5) is 0 Å². The minimum absolute atomic E-state index is 0.0845. The van der Waals surface area contributed by atoms with Crippen LogP contribution in [0, 0.1) is 16.7 Å². The van der Waals surface area contributed by atoms with Crippen LogP contribution in [0.2, 0.25) is 0 Å². The highest BCUT2D eigenvalue weighted by Crippen LogP contribution is 2.27. The third-order valence-corrected chi connectivity index (χ3v) is 3.24. The molecular formula is C12H21N3O. The van der Waals surface area contributed by atoms with Gasteiger partial charge in [0.15, 0.2) is 0 Å². The lowest BCUT2D eigenvalue weighted by atomic mass is 9.84. The normalized spacial score (nSPS) is 18.4. The van der Waals surface area contributed by atoms with Gasteiger partial charge in [0.2, 0.25) is 5.91 Å². The van der Waals surface area contributed by atoms with E-state index in [1.807, 2.05) is 20.8 Å². The van der Waals surface area contributed by atoms with Gasteiger partial charge < -0.3 is 10.6 Å². The zero-order valence-electron chi connectivity index (χ0n) is 10.4. The molecule has 0 bridgehead atoms. The van der Waals surface area contributed by atoms with Gasteiger partial charge in [-0.05, 0) is 24.7 Å². The first-order valence-electron chi connectivity index (χ1n) is 5.81. The van der Waals surface area contributed by atoms with Crippen molar-refractivity contribution in [2.75, 3.05) is 6.54 Å². The van der Waals surface area contributed by atoms with Gasteiger partial charge in [-0.25, -0.2) is 0 Å². The van der Waals surface area contributed by atoms with Gasteiger partial charge in [-0.3, -0.25) is 4.79 Å². The van der Waals surface area contributed by atoms with Crippen molar-refractivity contribution in [2.24, 2.45) is 11.1 Å². The molecule has 0 aromatic carbocycles. The summed E-state index contributed by atoms with van der Waals surface area (Å²) in [6.45, 7) is 6.00. The molecule has 0 radical (unpaired) electrons. The summed E-state index contributed by atoms with van der Waals surface area (Å²) < 4.78 is 0. The van der Waals surface area contributed by atoms with E-state index in [1.165, 1.54) is 0 Å². The highest BCUT2D eigenvalue weighted by molar-refractivity contribution is 5.83. The van der Waals surface area contributed by atoms with Gasteiger partial charge in [0, 0.05) is 6.04 Å². The number of carbonyl (C=O) groups excluding carboxylic acids is 1. The minimum Gasteiger partial charge on any atom is -0.325 e. The number of nitrogens with zero attached hydrogens (tertiary/aromatic N) is 2. The molecule has 1 amide bonds. The molecule has 1 aliphatic rings. The number of amides is 1. The molecule has 0 aromatic rings. The standard InChI is InChI=1S/C12H21N3O/c1-12(2,3)10(14)11(16)15(8-7-13)9-5-4-6-9/h9-10H,4-6,8,14H2,1-3H3. The van der Waals surface area contributed by atoms with E-state index in [9.17, 15) is 4.79 Å². The maximum absolute atomic E-state index is 12.2. The monoisotopic (exact) mass is 223 g/mol. The van der Waals surface area contributed by atoms with Gasteiger partial charge in [0.05, 0.1) is 12.1 Å². The Bertz CT molecular complexity index is 296. The zero-order chi connectivity index (χ0) is 12.3. The van der Waals surface area contributed by atoms with Crippen LogP contribution in [0.25, 0.3) is 0 Å². The molecule has 1 unspecified atom stereocenters. The van der Waals surface area contributed by atoms with E-state index in [4.69, 9.17) is 11.0 Å². The Labute approximate surface area is 97.4 Å². The van der Waals surface area contributed by atoms with Crippen LogP contribution in [0.5, 0.6) is 0 Å². The van der Waals surface area contributed by atoms with Gasteiger partial charge in [-0.15, -0.1) is 0 Å². The SMILES string of the molecule is CC(C)(C)C(N)C(=O)N(CC#N)C1CCC1. The van der Waals surface area contributed by atoms with E-state index in [-0.39, 0.29) is 23.9 Å². The summed E-state index contributed by atoms with van der Waals surface area (Å²) in [5.41, 5.74) is 5.69. The molecule has 16 heavy (non-hydrogen) atoms. The Kier molecular flexibility index (Phi) is 3.93. The smallest absolute Gasteiger partial charge is 0.241 e. The summed E-state index contributed by atoms with van der Waals surface area (Å²) >= 11 is 0. The lowest BCUT2D eigenvalue weighted by Crippen LogP contribution is -2.55. The largest absolute Gasteiger partial charge is 0.325 e. The van der Waals surface area contributed by atoms with Crippen LogP contribution in [-0.2, 0) is 4.79 Å². The Morgan fingerprint density at radius 3 is 2.44 bits per heavy atom. The number of hydrogen-bond acceptors (Lipinski definition) is 3. The van der Waals surface area contributed by atoms with E-state index in [2.05, 4.69) is 6.07 Å². The predicted molar refractivity (Wildman–Crippen MR) is 62.4 cm³/mol. The molecule has 4 heteroatoms. The van der Waals surface area contributed by atoms with Gasteiger partial charge in [0.25, 0.3) is 0 Å². The van der Waals surface area contributed by atoms with Crippen molar-refractivity contribution in [3.63, 3.8) is 0 Å². The summed E-state index contributed by atoms with van der Waals surface area (Å²) in [6.07, 6.45) is 3.15. The van der Waals surface area contributed by atoms with E-state index in [0.29, 0.717) is 0 Å². The summed E-state index contributed by atoms with van der Waals surface area (Å²) in [5.74, 6) is -0.0845. The molecule has 0 saturated heterocycles. The fourth-order valence-corrected chi connectivity index (χ4v) is 1.71. The molecule has 0 heterocycles. The molecule has 1 aliphatic carbocycles. The molecule has 90 valence electrons. The predicted octanol–water partition coefficient (Wildman–Crippen LogP) is 1.26. The van der Waals surface area contributed by atoms with E-state index in [0.717, 1.165) is 19.3 Å². The highest BCUT2D eigenvalue weighted by atomic mass is 16.2. The van der Waals surface area contributed by atoms with E-state index in [1.54, 1.807) is 4.90 Å². The number of rotatable bonds is 3. The van der Waals surface area contributed by atoms with Crippen molar-refractivity contribution < 1.29 is 4.79 Å². The molecular weight excluding hydrogens is 202 g/mol. The molecule has 1 saturated carbocycles. The second-order valence-corrected chi connectivity index (χ2v) is 5.55.